The third-order valence-corrected chi connectivity index (χ3v) is 1.96. The van der Waals surface area contributed by atoms with Gasteiger partial charge in [-0.25, -0.2) is 9.07 Å². The molecule has 0 aliphatic heterocycles. The fourth-order valence-corrected chi connectivity index (χ4v) is 1.19. The molecule has 0 unspecified atom stereocenters. The van der Waals surface area contributed by atoms with E-state index in [1.54, 1.807) is 6.07 Å². The Hall–Kier alpha value is -1.75. The van der Waals surface area contributed by atoms with Gasteiger partial charge in [-0.05, 0) is 29.8 Å². The molecule has 0 radical (unpaired) electrons. The Morgan fingerprint density at radius 2 is 2.27 bits per heavy atom. The predicted octanol–water partition coefficient (Wildman–Crippen LogP) is 1.79. The Morgan fingerprint density at radius 1 is 1.47 bits per heavy atom. The van der Waals surface area contributed by atoms with Crippen molar-refractivity contribution < 1.29 is 9.18 Å². The van der Waals surface area contributed by atoms with E-state index in [1.807, 2.05) is 0 Å². The Labute approximate surface area is 89.3 Å². The third-order valence-electron chi connectivity index (χ3n) is 1.77. The van der Waals surface area contributed by atoms with E-state index in [-0.39, 0.29) is 11.5 Å². The van der Waals surface area contributed by atoms with Crippen molar-refractivity contribution in [3.8, 4) is 5.69 Å². The molecular formula is C9H5ClFN3O. The van der Waals surface area contributed by atoms with Gasteiger partial charge in [0, 0.05) is 0 Å². The van der Waals surface area contributed by atoms with Crippen LogP contribution in [0, 0.1) is 5.82 Å². The van der Waals surface area contributed by atoms with Crippen molar-refractivity contribution in [2.75, 3.05) is 0 Å². The average molecular weight is 226 g/mol. The molecule has 2 rings (SSSR count). The molecule has 0 bridgehead atoms. The Bertz CT molecular complexity index is 512. The van der Waals surface area contributed by atoms with E-state index in [9.17, 15) is 9.18 Å². The fraction of sp³-hybridized carbons (Fsp3) is 0. The first-order chi connectivity index (χ1) is 7.16. The molecule has 1 heterocycles. The molecule has 0 saturated heterocycles. The maximum atomic E-state index is 12.9. The average Bonchev–Trinajstić information content (AvgIpc) is 2.66. The van der Waals surface area contributed by atoms with Gasteiger partial charge in [0.1, 0.15) is 5.82 Å². The van der Waals surface area contributed by atoms with Crippen molar-refractivity contribution in [3.63, 3.8) is 0 Å². The van der Waals surface area contributed by atoms with E-state index in [4.69, 9.17) is 11.6 Å². The lowest BCUT2D eigenvalue weighted by Gasteiger charge is -1.98. The smallest absolute Gasteiger partial charge is 0.274 e. The summed E-state index contributed by atoms with van der Waals surface area (Å²) in [4.78, 5) is 10.7. The maximum absolute atomic E-state index is 12.9. The molecule has 76 valence electrons. The van der Waals surface area contributed by atoms with Gasteiger partial charge in [-0.3, -0.25) is 4.79 Å². The quantitative estimate of drug-likeness (QED) is 0.732. The highest BCUT2D eigenvalue weighted by Gasteiger charge is 2.08. The summed E-state index contributed by atoms with van der Waals surface area (Å²) in [7, 11) is 0. The molecule has 0 aliphatic rings. The van der Waals surface area contributed by atoms with E-state index in [0.29, 0.717) is 5.69 Å². The highest BCUT2D eigenvalue weighted by Crippen LogP contribution is 2.09. The second-order valence-electron chi connectivity index (χ2n) is 2.80. The molecule has 4 nitrogen and oxygen atoms in total. The highest BCUT2D eigenvalue weighted by molar-refractivity contribution is 6.67. The van der Waals surface area contributed by atoms with Crippen LogP contribution in [-0.4, -0.2) is 20.2 Å². The van der Waals surface area contributed by atoms with Crippen LogP contribution in [0.1, 0.15) is 10.5 Å². The number of aromatic nitrogens is 3. The Balaban J connectivity index is 2.41. The minimum atomic E-state index is -0.697. The highest BCUT2D eigenvalue weighted by atomic mass is 35.5. The second-order valence-corrected chi connectivity index (χ2v) is 3.15. The van der Waals surface area contributed by atoms with Crippen molar-refractivity contribution in [2.45, 2.75) is 0 Å². The van der Waals surface area contributed by atoms with E-state index >= 15 is 0 Å². The van der Waals surface area contributed by atoms with Crippen LogP contribution in [0.3, 0.4) is 0 Å². The zero-order chi connectivity index (χ0) is 10.8. The van der Waals surface area contributed by atoms with Crippen molar-refractivity contribution >= 4 is 16.8 Å². The molecule has 0 amide bonds. The maximum Gasteiger partial charge on any atom is 0.274 e. The van der Waals surface area contributed by atoms with Crippen molar-refractivity contribution in [1.82, 2.24) is 15.0 Å². The molecule has 1 aromatic carbocycles. The van der Waals surface area contributed by atoms with Crippen LogP contribution < -0.4 is 0 Å². The lowest BCUT2D eigenvalue weighted by Crippen LogP contribution is -1.95. The summed E-state index contributed by atoms with van der Waals surface area (Å²) in [5, 5.41) is 6.48. The summed E-state index contributed by atoms with van der Waals surface area (Å²) < 4.78 is 14.1. The van der Waals surface area contributed by atoms with Gasteiger partial charge in [-0.2, -0.15) is 0 Å². The van der Waals surface area contributed by atoms with Crippen LogP contribution in [-0.2, 0) is 0 Å². The number of benzene rings is 1. The molecule has 2 aromatic rings. The summed E-state index contributed by atoms with van der Waals surface area (Å²) in [6.45, 7) is 0. The molecule has 6 heteroatoms. The number of carbonyl (C=O) groups is 1. The zero-order valence-corrected chi connectivity index (χ0v) is 8.15. The number of nitrogens with zero attached hydrogens (tertiary/aromatic N) is 3. The molecular weight excluding hydrogens is 221 g/mol. The first-order valence-electron chi connectivity index (χ1n) is 4.05. The molecule has 0 fully saturated rings. The van der Waals surface area contributed by atoms with Crippen molar-refractivity contribution in [1.29, 1.82) is 0 Å². The van der Waals surface area contributed by atoms with Crippen LogP contribution in [0.2, 0.25) is 0 Å². The lowest BCUT2D eigenvalue weighted by atomic mass is 10.3. The minimum Gasteiger partial charge on any atom is -0.274 e. The van der Waals surface area contributed by atoms with E-state index in [0.717, 1.165) is 0 Å². The molecule has 15 heavy (non-hydrogen) atoms. The van der Waals surface area contributed by atoms with E-state index < -0.39 is 5.24 Å². The first-order valence-corrected chi connectivity index (χ1v) is 4.43. The Morgan fingerprint density at radius 3 is 2.87 bits per heavy atom. The van der Waals surface area contributed by atoms with Gasteiger partial charge in [0.25, 0.3) is 5.24 Å². The summed E-state index contributed by atoms with van der Waals surface area (Å²) in [5.74, 6) is -0.387. The number of carbonyl (C=O) groups excluding carboxylic acids is 1. The number of hydrogen-bond donors (Lipinski definition) is 0. The monoisotopic (exact) mass is 225 g/mol. The first kappa shape index (κ1) is 9.79. The summed E-state index contributed by atoms with van der Waals surface area (Å²) in [6.07, 6.45) is 1.34. The topological polar surface area (TPSA) is 47.8 Å². The van der Waals surface area contributed by atoms with Gasteiger partial charge in [0.2, 0.25) is 0 Å². The zero-order valence-electron chi connectivity index (χ0n) is 7.39. The summed E-state index contributed by atoms with van der Waals surface area (Å²) >= 11 is 5.21. The largest absolute Gasteiger partial charge is 0.274 e. The van der Waals surface area contributed by atoms with Crippen LogP contribution in [0.4, 0.5) is 4.39 Å². The normalized spacial score (nSPS) is 10.3. The number of halogens is 2. The molecule has 0 N–H and O–H groups in total. The Kier molecular flexibility index (Phi) is 2.47. The van der Waals surface area contributed by atoms with Gasteiger partial charge in [0.05, 0.1) is 11.9 Å². The van der Waals surface area contributed by atoms with Crippen LogP contribution >= 0.6 is 11.6 Å². The SMILES string of the molecule is O=C(Cl)c1cn(-c2cccc(F)c2)nn1. The molecule has 0 atom stereocenters. The van der Waals surface area contributed by atoms with E-state index in [2.05, 4.69) is 10.3 Å². The van der Waals surface area contributed by atoms with Crippen molar-refractivity contribution in [2.24, 2.45) is 0 Å². The molecule has 1 aromatic heterocycles. The van der Waals surface area contributed by atoms with Gasteiger partial charge >= 0.3 is 0 Å². The number of hydrogen-bond acceptors (Lipinski definition) is 3. The van der Waals surface area contributed by atoms with Gasteiger partial charge in [0.15, 0.2) is 5.69 Å². The van der Waals surface area contributed by atoms with Gasteiger partial charge in [-0.15, -0.1) is 5.10 Å². The minimum absolute atomic E-state index is 0.0286. The second kappa shape index (κ2) is 3.78. The van der Waals surface area contributed by atoms with Crippen LogP contribution in [0.25, 0.3) is 5.69 Å². The molecule has 0 aliphatic carbocycles. The van der Waals surface area contributed by atoms with Gasteiger partial charge in [-0.1, -0.05) is 11.3 Å². The summed E-state index contributed by atoms with van der Waals surface area (Å²) in [5.41, 5.74) is 0.507. The van der Waals surface area contributed by atoms with E-state index in [1.165, 1.54) is 29.1 Å². The van der Waals surface area contributed by atoms with Crippen molar-refractivity contribution in [3.05, 3.63) is 42.0 Å². The standard InChI is InChI=1S/C9H5ClFN3O/c10-9(15)8-5-14(13-12-8)7-3-1-2-6(11)4-7/h1-5H. The number of rotatable bonds is 2. The summed E-state index contributed by atoms with van der Waals surface area (Å²) in [6, 6.07) is 5.76. The van der Waals surface area contributed by atoms with Crippen LogP contribution in [0.15, 0.2) is 30.5 Å². The van der Waals surface area contributed by atoms with Crippen LogP contribution in [0.5, 0.6) is 0 Å². The third kappa shape index (κ3) is 2.02. The lowest BCUT2D eigenvalue weighted by molar-refractivity contribution is 0.107. The predicted molar refractivity (Wildman–Crippen MR) is 51.5 cm³/mol. The fourth-order valence-electron chi connectivity index (χ4n) is 1.10. The molecule has 0 spiro atoms. The molecule has 0 saturated carbocycles. The van der Waals surface area contributed by atoms with Gasteiger partial charge < -0.3 is 0 Å².